The minimum Gasteiger partial charge on any atom is -0.389 e. The maximum Gasteiger partial charge on any atom is 0.102 e. The Kier molecular flexibility index (Phi) is 4.16. The first-order valence-corrected chi connectivity index (χ1v) is 6.10. The first-order chi connectivity index (χ1) is 9.20. The van der Waals surface area contributed by atoms with Crippen LogP contribution in [-0.2, 0) is 6.54 Å². The lowest BCUT2D eigenvalue weighted by Gasteiger charge is -2.14. The highest BCUT2D eigenvalue weighted by molar-refractivity contribution is 5.60. The molecule has 0 radical (unpaired) electrons. The van der Waals surface area contributed by atoms with Gasteiger partial charge in [0.15, 0.2) is 0 Å². The topological polar surface area (TPSA) is 73.9 Å². The van der Waals surface area contributed by atoms with Gasteiger partial charge in [-0.3, -0.25) is 4.68 Å². The molecule has 1 unspecified atom stereocenters. The van der Waals surface area contributed by atoms with Gasteiger partial charge in [-0.2, -0.15) is 10.4 Å². The largest absolute Gasteiger partial charge is 0.389 e. The van der Waals surface area contributed by atoms with E-state index >= 15 is 0 Å². The van der Waals surface area contributed by atoms with E-state index in [2.05, 4.69) is 16.5 Å². The van der Waals surface area contributed by atoms with Crippen molar-refractivity contribution in [3.05, 3.63) is 47.8 Å². The molecule has 2 aromatic rings. The smallest absolute Gasteiger partial charge is 0.102 e. The average Bonchev–Trinajstić information content (AvgIpc) is 2.89. The number of hydrogen-bond donors (Lipinski definition) is 2. The second kappa shape index (κ2) is 6.03. The van der Waals surface area contributed by atoms with Crippen LogP contribution < -0.4 is 5.32 Å². The van der Waals surface area contributed by atoms with E-state index in [4.69, 9.17) is 5.26 Å². The van der Waals surface area contributed by atoms with Crippen LogP contribution >= 0.6 is 0 Å². The van der Waals surface area contributed by atoms with Crippen molar-refractivity contribution in [1.82, 2.24) is 9.78 Å². The summed E-state index contributed by atoms with van der Waals surface area (Å²) in [7, 11) is 0. The second-order valence-electron chi connectivity index (χ2n) is 4.37. The number of benzene rings is 1. The average molecular weight is 256 g/mol. The molecular weight excluding hydrogens is 240 g/mol. The lowest BCUT2D eigenvalue weighted by molar-refractivity contribution is 0.161. The van der Waals surface area contributed by atoms with Gasteiger partial charge in [-0.25, -0.2) is 0 Å². The summed E-state index contributed by atoms with van der Waals surface area (Å²) in [6, 6.07) is 9.60. The van der Waals surface area contributed by atoms with Crippen molar-refractivity contribution in [1.29, 1.82) is 5.26 Å². The highest BCUT2D eigenvalue weighted by Crippen LogP contribution is 2.18. The third kappa shape index (κ3) is 3.33. The van der Waals surface area contributed by atoms with Gasteiger partial charge in [-0.1, -0.05) is 12.1 Å². The molecule has 19 heavy (non-hydrogen) atoms. The van der Waals surface area contributed by atoms with Crippen LogP contribution in [0.15, 0.2) is 36.7 Å². The lowest BCUT2D eigenvalue weighted by Crippen LogP contribution is -2.25. The summed E-state index contributed by atoms with van der Waals surface area (Å²) >= 11 is 0. The van der Waals surface area contributed by atoms with Crippen LogP contribution in [0.5, 0.6) is 0 Å². The highest BCUT2D eigenvalue weighted by atomic mass is 16.3. The zero-order chi connectivity index (χ0) is 13.7. The van der Waals surface area contributed by atoms with E-state index in [1.54, 1.807) is 17.1 Å². The van der Waals surface area contributed by atoms with Crippen LogP contribution in [0.1, 0.15) is 11.1 Å². The minimum atomic E-state index is -0.563. The zero-order valence-corrected chi connectivity index (χ0v) is 10.7. The number of nitrogens with one attached hydrogen (secondary N) is 1. The molecule has 0 saturated carbocycles. The molecule has 98 valence electrons. The molecule has 2 N–H and O–H groups in total. The third-order valence-electron chi connectivity index (χ3n) is 2.87. The van der Waals surface area contributed by atoms with Gasteiger partial charge in [-0.15, -0.1) is 0 Å². The van der Waals surface area contributed by atoms with Crippen molar-refractivity contribution in [2.75, 3.05) is 11.9 Å². The molecule has 0 amide bonds. The zero-order valence-electron chi connectivity index (χ0n) is 10.7. The first-order valence-electron chi connectivity index (χ1n) is 6.10. The predicted molar refractivity (Wildman–Crippen MR) is 72.6 cm³/mol. The normalized spacial score (nSPS) is 11.8. The summed E-state index contributed by atoms with van der Waals surface area (Å²) in [6.07, 6.45) is 2.91. The summed E-state index contributed by atoms with van der Waals surface area (Å²) in [5, 5.41) is 26.2. The van der Waals surface area contributed by atoms with Gasteiger partial charge in [-0.05, 0) is 24.6 Å². The first kappa shape index (κ1) is 13.1. The monoisotopic (exact) mass is 256 g/mol. The van der Waals surface area contributed by atoms with Crippen LogP contribution in [0.25, 0.3) is 0 Å². The summed E-state index contributed by atoms with van der Waals surface area (Å²) in [6.45, 7) is 2.69. The molecule has 5 nitrogen and oxygen atoms in total. The summed E-state index contributed by atoms with van der Waals surface area (Å²) in [5.74, 6) is 0. The Morgan fingerprint density at radius 1 is 1.47 bits per heavy atom. The maximum atomic E-state index is 9.91. The van der Waals surface area contributed by atoms with Crippen molar-refractivity contribution in [3.63, 3.8) is 0 Å². The Labute approximate surface area is 112 Å². The van der Waals surface area contributed by atoms with Crippen LogP contribution in [0.3, 0.4) is 0 Å². The van der Waals surface area contributed by atoms with E-state index in [1.165, 1.54) is 0 Å². The number of nitrogens with zero attached hydrogens (tertiary/aromatic N) is 3. The van der Waals surface area contributed by atoms with E-state index in [-0.39, 0.29) is 0 Å². The summed E-state index contributed by atoms with van der Waals surface area (Å²) in [4.78, 5) is 0. The number of aryl methyl sites for hydroxylation is 1. The molecule has 0 spiro atoms. The van der Waals surface area contributed by atoms with Gasteiger partial charge in [0.1, 0.15) is 6.07 Å². The minimum absolute atomic E-state index is 0.373. The fourth-order valence-electron chi connectivity index (χ4n) is 1.88. The van der Waals surface area contributed by atoms with E-state index in [9.17, 15) is 5.11 Å². The quantitative estimate of drug-likeness (QED) is 0.851. The van der Waals surface area contributed by atoms with Crippen molar-refractivity contribution < 1.29 is 5.11 Å². The van der Waals surface area contributed by atoms with E-state index in [0.717, 1.165) is 11.3 Å². The molecule has 0 aliphatic rings. The molecule has 2 rings (SSSR count). The van der Waals surface area contributed by atoms with Gasteiger partial charge >= 0.3 is 0 Å². The number of rotatable bonds is 5. The Bertz CT molecular complexity index is 572. The molecule has 0 saturated heterocycles. The Morgan fingerprint density at radius 2 is 2.32 bits per heavy atom. The lowest BCUT2D eigenvalue weighted by atomic mass is 10.1. The molecule has 0 aliphatic carbocycles. The van der Waals surface area contributed by atoms with Crippen molar-refractivity contribution in [3.8, 4) is 6.07 Å². The van der Waals surface area contributed by atoms with Crippen LogP contribution in [0, 0.1) is 18.3 Å². The van der Waals surface area contributed by atoms with Crippen molar-refractivity contribution in [2.24, 2.45) is 0 Å². The van der Waals surface area contributed by atoms with Gasteiger partial charge in [0.2, 0.25) is 0 Å². The van der Waals surface area contributed by atoms with Crippen molar-refractivity contribution in [2.45, 2.75) is 19.6 Å². The summed E-state index contributed by atoms with van der Waals surface area (Å²) < 4.78 is 1.67. The number of hydrogen-bond acceptors (Lipinski definition) is 4. The van der Waals surface area contributed by atoms with Crippen LogP contribution in [0.2, 0.25) is 0 Å². The molecule has 0 bridgehead atoms. The Balaban J connectivity index is 1.95. The Morgan fingerprint density at radius 3 is 3.00 bits per heavy atom. The number of aromatic nitrogens is 2. The van der Waals surface area contributed by atoms with Crippen LogP contribution in [0.4, 0.5) is 5.69 Å². The summed E-state index contributed by atoms with van der Waals surface area (Å²) in [5.41, 5.74) is 2.30. The second-order valence-corrected chi connectivity index (χ2v) is 4.37. The maximum absolute atomic E-state index is 9.91. The van der Waals surface area contributed by atoms with E-state index < -0.39 is 6.10 Å². The van der Waals surface area contributed by atoms with Crippen molar-refractivity contribution >= 4 is 5.69 Å². The standard InChI is InChI=1S/C14H16N4O/c1-11-4-2-5-14(13(11)8-15)16-9-12(19)10-18-7-3-6-17-18/h2-7,12,16,19H,9-10H2,1H3. The van der Waals surface area contributed by atoms with Gasteiger partial charge in [0.25, 0.3) is 0 Å². The molecule has 5 heteroatoms. The molecule has 1 aromatic carbocycles. The molecule has 1 atom stereocenters. The number of nitriles is 1. The number of anilines is 1. The number of aliphatic hydroxyl groups excluding tert-OH is 1. The fourth-order valence-corrected chi connectivity index (χ4v) is 1.88. The highest BCUT2D eigenvalue weighted by Gasteiger charge is 2.08. The Hall–Kier alpha value is -2.32. The van der Waals surface area contributed by atoms with Gasteiger partial charge < -0.3 is 10.4 Å². The van der Waals surface area contributed by atoms with Crippen LogP contribution in [-0.4, -0.2) is 27.5 Å². The SMILES string of the molecule is Cc1cccc(NCC(O)Cn2cccn2)c1C#N. The van der Waals surface area contributed by atoms with E-state index in [1.807, 2.05) is 31.2 Å². The molecule has 0 fully saturated rings. The molecular formula is C14H16N4O. The van der Waals surface area contributed by atoms with Gasteiger partial charge in [0, 0.05) is 18.9 Å². The predicted octanol–water partition coefficient (Wildman–Crippen LogP) is 1.54. The number of aliphatic hydroxyl groups is 1. The van der Waals surface area contributed by atoms with Gasteiger partial charge in [0.05, 0.1) is 23.9 Å². The third-order valence-corrected chi connectivity index (χ3v) is 2.87. The fraction of sp³-hybridized carbons (Fsp3) is 0.286. The molecule has 0 aliphatic heterocycles. The molecule has 1 aromatic heterocycles. The molecule has 1 heterocycles. The van der Waals surface area contributed by atoms with E-state index in [0.29, 0.717) is 18.7 Å².